The highest BCUT2D eigenvalue weighted by atomic mass is 15.1. The number of rotatable bonds is 18. The summed E-state index contributed by atoms with van der Waals surface area (Å²) in [5, 5.41) is 0. The van der Waals surface area contributed by atoms with Crippen LogP contribution >= 0.6 is 0 Å². The molecule has 0 bridgehead atoms. The zero-order valence-corrected chi connectivity index (χ0v) is 64.4. The Bertz CT molecular complexity index is 5770. The molecule has 114 heavy (non-hydrogen) atoms. The van der Waals surface area contributed by atoms with Gasteiger partial charge in [0.2, 0.25) is 0 Å². The minimum Gasteiger partial charge on any atom is -0.345 e. The molecule has 0 spiro atoms. The molecule has 0 aliphatic rings. The van der Waals surface area contributed by atoms with E-state index in [0.717, 1.165) is 11.4 Å². The first-order chi connectivity index (χ1) is 56.3. The Balaban J connectivity index is 0.000000129. The molecule has 0 saturated carbocycles. The molecule has 0 aliphatic carbocycles. The van der Waals surface area contributed by atoms with E-state index >= 15 is 0 Å². The zero-order valence-electron chi connectivity index (χ0n) is 64.4. The van der Waals surface area contributed by atoms with Crippen LogP contribution in [0.3, 0.4) is 0 Å². The van der Waals surface area contributed by atoms with Crippen molar-refractivity contribution >= 4 is 34.1 Å². The van der Waals surface area contributed by atoms with Crippen molar-refractivity contribution in [1.82, 2.24) is 0 Å². The molecule has 0 aromatic heterocycles. The Morgan fingerprint density at radius 3 is 0.588 bits per heavy atom. The summed E-state index contributed by atoms with van der Waals surface area (Å²) in [6, 6.07) is 168. The van der Waals surface area contributed by atoms with Crippen LogP contribution in [0.15, 0.2) is 473 Å². The standard InChI is InChI=1S/3C37H29N/c1-38(36-26-14-12-24-34(36)32-22-10-8-20-30(32)28-16-4-2-5-17-28)37-27-15-13-25-35(37)33-23-11-9-21-31(33)29-18-6-3-7-19-29;1-38(36-24-10-8-22-34(36)32-20-12-18-30(26-32)28-14-4-2-5-15-28)37-25-11-9-23-35(37)33-21-13-19-31(27-33)29-16-6-3-7-17-29;1-38(36-24-20-34(21-25-36)32-16-12-30(13-17-32)28-8-4-2-5-9-28)37-26-22-35(23-27-37)33-18-14-31(15-19-33)29-10-6-3-7-11-29/h3*2-27H,1H3. The first-order valence-corrected chi connectivity index (χ1v) is 39.0. The number of anilines is 6. The van der Waals surface area contributed by atoms with E-state index in [1.165, 1.54) is 156 Å². The van der Waals surface area contributed by atoms with Gasteiger partial charge < -0.3 is 14.7 Å². The van der Waals surface area contributed by atoms with E-state index in [0.29, 0.717) is 0 Å². The number of benzene rings is 18. The molecule has 18 aromatic carbocycles. The maximum Gasteiger partial charge on any atom is 0.0488 e. The fourth-order valence-corrected chi connectivity index (χ4v) is 15.3. The lowest BCUT2D eigenvalue weighted by Crippen LogP contribution is -2.12. The van der Waals surface area contributed by atoms with Gasteiger partial charge in [-0.2, -0.15) is 0 Å². The average molecular weight is 1460 g/mol. The van der Waals surface area contributed by atoms with E-state index in [1.807, 2.05) is 0 Å². The Morgan fingerprint density at radius 1 is 0.114 bits per heavy atom. The summed E-state index contributed by atoms with van der Waals surface area (Å²) < 4.78 is 0. The highest BCUT2D eigenvalue weighted by Gasteiger charge is 2.21. The molecule has 0 radical (unpaired) electrons. The summed E-state index contributed by atoms with van der Waals surface area (Å²) in [4.78, 5) is 6.87. The smallest absolute Gasteiger partial charge is 0.0488 e. The van der Waals surface area contributed by atoms with E-state index in [2.05, 4.69) is 509 Å². The average Bonchev–Trinajstić information content (AvgIpc) is 0.772. The van der Waals surface area contributed by atoms with Crippen molar-refractivity contribution in [2.45, 2.75) is 0 Å². The largest absolute Gasteiger partial charge is 0.345 e. The molecule has 546 valence electrons. The minimum atomic E-state index is 1.16. The van der Waals surface area contributed by atoms with Gasteiger partial charge in [-0.25, -0.2) is 0 Å². The quantitative estimate of drug-likeness (QED) is 0.0848. The second-order valence-corrected chi connectivity index (χ2v) is 28.4. The maximum absolute atomic E-state index is 2.33. The molecule has 3 heteroatoms. The van der Waals surface area contributed by atoms with Crippen LogP contribution in [-0.2, 0) is 0 Å². The van der Waals surface area contributed by atoms with Crippen LogP contribution in [-0.4, -0.2) is 21.1 Å². The molecule has 18 aromatic rings. The van der Waals surface area contributed by atoms with Crippen molar-refractivity contribution < 1.29 is 0 Å². The van der Waals surface area contributed by atoms with Gasteiger partial charge >= 0.3 is 0 Å². The first-order valence-electron chi connectivity index (χ1n) is 39.0. The number of para-hydroxylation sites is 4. The van der Waals surface area contributed by atoms with Crippen molar-refractivity contribution in [3.8, 4) is 134 Å². The molecular formula is C111H87N3. The van der Waals surface area contributed by atoms with E-state index in [9.17, 15) is 0 Å². The predicted molar refractivity (Wildman–Crippen MR) is 488 cm³/mol. The predicted octanol–water partition coefficient (Wildman–Crippen LogP) is 30.4. The first kappa shape index (κ1) is 73.5. The second kappa shape index (κ2) is 35.4. The third-order valence-corrected chi connectivity index (χ3v) is 21.4. The minimum absolute atomic E-state index is 1.16. The molecule has 18 rings (SSSR count). The van der Waals surface area contributed by atoms with Crippen molar-refractivity contribution in [3.05, 3.63) is 473 Å². The van der Waals surface area contributed by atoms with Crippen molar-refractivity contribution in [2.24, 2.45) is 0 Å². The second-order valence-electron chi connectivity index (χ2n) is 28.4. The van der Waals surface area contributed by atoms with Crippen LogP contribution in [0.4, 0.5) is 34.1 Å². The fraction of sp³-hybridized carbons (Fsp3) is 0.0270. The summed E-state index contributed by atoms with van der Waals surface area (Å²) in [5.41, 5.74) is 36.3. The van der Waals surface area contributed by atoms with Gasteiger partial charge in [-0.1, -0.05) is 413 Å². The van der Waals surface area contributed by atoms with E-state index in [1.54, 1.807) is 0 Å². The molecule has 0 atom stereocenters. The Hall–Kier alpha value is -14.6. The van der Waals surface area contributed by atoms with Gasteiger partial charge in [-0.15, -0.1) is 0 Å². The van der Waals surface area contributed by atoms with Gasteiger partial charge in [-0.3, -0.25) is 0 Å². The van der Waals surface area contributed by atoms with Crippen LogP contribution in [0.5, 0.6) is 0 Å². The Kier molecular flexibility index (Phi) is 22.8. The molecular weight excluding hydrogens is 1380 g/mol. The van der Waals surface area contributed by atoms with Crippen molar-refractivity contribution in [3.63, 3.8) is 0 Å². The lowest BCUT2D eigenvalue weighted by Gasteiger charge is -2.27. The number of nitrogens with zero attached hydrogens (tertiary/aromatic N) is 3. The van der Waals surface area contributed by atoms with Gasteiger partial charge in [-0.05, 0) is 172 Å². The molecule has 0 heterocycles. The van der Waals surface area contributed by atoms with Crippen LogP contribution in [0.1, 0.15) is 0 Å². The molecule has 3 nitrogen and oxygen atoms in total. The summed E-state index contributed by atoms with van der Waals surface area (Å²) in [7, 11) is 6.46. The third-order valence-electron chi connectivity index (χ3n) is 21.4. The molecule has 0 fully saturated rings. The monoisotopic (exact) mass is 1460 g/mol. The summed E-state index contributed by atoms with van der Waals surface area (Å²) in [5.74, 6) is 0. The van der Waals surface area contributed by atoms with E-state index in [-0.39, 0.29) is 0 Å². The number of hydrogen-bond donors (Lipinski definition) is 0. The Labute approximate surface area is 672 Å². The van der Waals surface area contributed by atoms with Crippen LogP contribution < -0.4 is 14.7 Å². The Morgan fingerprint density at radius 2 is 0.298 bits per heavy atom. The summed E-state index contributed by atoms with van der Waals surface area (Å²) in [6.45, 7) is 0. The third kappa shape index (κ3) is 16.9. The molecule has 0 unspecified atom stereocenters. The topological polar surface area (TPSA) is 9.72 Å². The van der Waals surface area contributed by atoms with E-state index in [4.69, 9.17) is 0 Å². The molecule has 0 amide bonds. The number of hydrogen-bond acceptors (Lipinski definition) is 3. The fourth-order valence-electron chi connectivity index (χ4n) is 15.3. The van der Waals surface area contributed by atoms with Crippen LogP contribution in [0, 0.1) is 0 Å². The maximum atomic E-state index is 2.33. The van der Waals surface area contributed by atoms with E-state index < -0.39 is 0 Å². The van der Waals surface area contributed by atoms with Crippen LogP contribution in [0.25, 0.3) is 134 Å². The van der Waals surface area contributed by atoms with Crippen molar-refractivity contribution in [2.75, 3.05) is 35.8 Å². The summed E-state index contributed by atoms with van der Waals surface area (Å²) in [6.07, 6.45) is 0. The van der Waals surface area contributed by atoms with Gasteiger partial charge in [0.05, 0.1) is 0 Å². The highest BCUT2D eigenvalue weighted by molar-refractivity contribution is 5.96. The highest BCUT2D eigenvalue weighted by Crippen LogP contribution is 2.46. The molecule has 0 aliphatic heterocycles. The molecule has 0 saturated heterocycles. The molecule has 0 N–H and O–H groups in total. The van der Waals surface area contributed by atoms with Crippen molar-refractivity contribution in [1.29, 1.82) is 0 Å². The SMILES string of the molecule is CN(c1ccc(-c2ccc(-c3ccccc3)cc2)cc1)c1ccc(-c2ccc(-c3ccccc3)cc2)cc1.CN(c1ccccc1-c1cccc(-c2ccccc2)c1)c1ccccc1-c1cccc(-c2ccccc2)c1.CN(c1ccccc1-c1ccccc1-c1ccccc1)c1ccccc1-c1ccccc1-c1ccccc1. The van der Waals surface area contributed by atoms with Crippen LogP contribution in [0.2, 0.25) is 0 Å². The van der Waals surface area contributed by atoms with Gasteiger partial charge in [0.1, 0.15) is 0 Å². The normalized spacial score (nSPS) is 10.8. The zero-order chi connectivity index (χ0) is 77.2. The van der Waals surface area contributed by atoms with Gasteiger partial charge in [0.25, 0.3) is 0 Å². The summed E-state index contributed by atoms with van der Waals surface area (Å²) >= 11 is 0. The van der Waals surface area contributed by atoms with Gasteiger partial charge in [0, 0.05) is 77.5 Å². The lowest BCUT2D eigenvalue weighted by atomic mass is 9.92. The lowest BCUT2D eigenvalue weighted by molar-refractivity contribution is 1.21. The van der Waals surface area contributed by atoms with Gasteiger partial charge in [0.15, 0.2) is 0 Å².